The monoisotopic (exact) mass is 396 g/mol. The second-order valence-corrected chi connectivity index (χ2v) is 8.49. The number of benzene rings is 2. The Morgan fingerprint density at radius 3 is 2.65 bits per heavy atom. The smallest absolute Gasteiger partial charge is 0.147 e. The third-order valence-electron chi connectivity index (χ3n) is 7.00. The van der Waals surface area contributed by atoms with Gasteiger partial charge in [-0.3, -0.25) is 14.4 Å². The van der Waals surface area contributed by atoms with Gasteiger partial charge in [-0.25, -0.2) is 4.98 Å². The summed E-state index contributed by atoms with van der Waals surface area (Å²) >= 11 is 0. The normalized spacial score (nSPS) is 13.5. The van der Waals surface area contributed by atoms with E-state index in [0.717, 1.165) is 46.0 Å². The molecule has 2 aliphatic rings. The number of rotatable bonds is 0. The van der Waals surface area contributed by atoms with Gasteiger partial charge in [0.15, 0.2) is 0 Å². The molecular weight excluding hydrogens is 380 g/mol. The van der Waals surface area contributed by atoms with Gasteiger partial charge in [0, 0.05) is 41.3 Å². The Morgan fingerprint density at radius 2 is 1.65 bits per heavy atom. The lowest BCUT2D eigenvalue weighted by Crippen LogP contribution is -1.97. The van der Waals surface area contributed by atoms with Crippen LogP contribution >= 0.6 is 0 Å². The third-order valence-corrected chi connectivity index (χ3v) is 7.00. The first-order valence-electron chi connectivity index (χ1n) is 10.6. The van der Waals surface area contributed by atoms with Crippen LogP contribution in [0.25, 0.3) is 49.8 Å². The highest BCUT2D eigenvalue weighted by Gasteiger charge is 2.31. The van der Waals surface area contributed by atoms with Crippen molar-refractivity contribution in [1.82, 2.24) is 19.4 Å². The molecule has 0 N–H and O–H groups in total. The topological polar surface area (TPSA) is 43.1 Å². The molecule has 31 heavy (non-hydrogen) atoms. The van der Waals surface area contributed by atoms with Crippen molar-refractivity contribution in [1.29, 1.82) is 0 Å². The van der Waals surface area contributed by atoms with E-state index in [0.29, 0.717) is 0 Å². The fourth-order valence-corrected chi connectivity index (χ4v) is 5.71. The highest BCUT2D eigenvalue weighted by molar-refractivity contribution is 6.10. The largest absolute Gasteiger partial charge is 0.290 e. The maximum absolute atomic E-state index is 5.16. The number of imidazole rings is 1. The van der Waals surface area contributed by atoms with Crippen LogP contribution in [0.1, 0.15) is 22.4 Å². The van der Waals surface area contributed by atoms with Crippen LogP contribution in [-0.2, 0) is 12.8 Å². The Labute approximate surface area is 177 Å². The van der Waals surface area contributed by atoms with E-state index in [1.54, 1.807) is 0 Å². The first-order valence-corrected chi connectivity index (χ1v) is 10.6. The van der Waals surface area contributed by atoms with Crippen LogP contribution in [0, 0.1) is 0 Å². The fourth-order valence-electron chi connectivity index (χ4n) is 5.71. The molecule has 0 saturated heterocycles. The number of nitrogens with zero attached hydrogens (tertiary/aromatic N) is 4. The maximum atomic E-state index is 5.16. The van der Waals surface area contributed by atoms with Crippen molar-refractivity contribution in [2.45, 2.75) is 12.8 Å². The summed E-state index contributed by atoms with van der Waals surface area (Å²) in [5.74, 6) is 0. The average Bonchev–Trinajstić information content (AvgIpc) is 3.48. The third kappa shape index (κ3) is 1.84. The lowest BCUT2D eigenvalue weighted by atomic mass is 9.97. The van der Waals surface area contributed by atoms with Gasteiger partial charge in [-0.1, -0.05) is 36.4 Å². The second-order valence-electron chi connectivity index (χ2n) is 8.49. The molecule has 0 unspecified atom stereocenters. The zero-order valence-corrected chi connectivity index (χ0v) is 16.6. The fraction of sp³-hybridized carbons (Fsp3) is 0.0741. The van der Waals surface area contributed by atoms with Gasteiger partial charge in [0.1, 0.15) is 5.65 Å². The van der Waals surface area contributed by atoms with Gasteiger partial charge in [-0.2, -0.15) is 0 Å². The van der Waals surface area contributed by atoms with Gasteiger partial charge in [0.05, 0.1) is 22.4 Å². The number of hydrogen-bond donors (Lipinski definition) is 0. The molecule has 4 aromatic heterocycles. The van der Waals surface area contributed by atoms with Gasteiger partial charge >= 0.3 is 0 Å². The molecule has 8 rings (SSSR count). The maximum Gasteiger partial charge on any atom is 0.147 e. The highest BCUT2D eigenvalue weighted by Crippen LogP contribution is 2.47. The van der Waals surface area contributed by atoms with Crippen molar-refractivity contribution in [2.75, 3.05) is 0 Å². The van der Waals surface area contributed by atoms with E-state index in [9.17, 15) is 0 Å². The van der Waals surface area contributed by atoms with E-state index in [-0.39, 0.29) is 0 Å². The molecule has 4 heteroatoms. The van der Waals surface area contributed by atoms with Crippen molar-refractivity contribution in [3.63, 3.8) is 0 Å². The van der Waals surface area contributed by atoms with Crippen LogP contribution in [0.2, 0.25) is 0 Å². The Hall–Kier alpha value is -4.05. The number of pyridine rings is 3. The molecule has 0 radical (unpaired) electrons. The van der Waals surface area contributed by atoms with Crippen LogP contribution < -0.4 is 0 Å². The molecule has 4 nitrogen and oxygen atoms in total. The van der Waals surface area contributed by atoms with Gasteiger partial charge in [-0.05, 0) is 52.4 Å². The van der Waals surface area contributed by atoms with Crippen molar-refractivity contribution >= 4 is 27.5 Å². The number of aromatic nitrogens is 4. The minimum atomic E-state index is 0.882. The van der Waals surface area contributed by atoms with E-state index < -0.39 is 0 Å². The van der Waals surface area contributed by atoms with Crippen LogP contribution in [-0.4, -0.2) is 19.4 Å². The van der Waals surface area contributed by atoms with Crippen molar-refractivity contribution in [3.05, 3.63) is 95.6 Å². The number of hydrogen-bond acceptors (Lipinski definition) is 3. The molecule has 0 saturated carbocycles. The molecule has 2 aromatic carbocycles. The van der Waals surface area contributed by atoms with E-state index in [1.165, 1.54) is 39.1 Å². The predicted molar refractivity (Wildman–Crippen MR) is 122 cm³/mol. The zero-order valence-electron chi connectivity index (χ0n) is 16.6. The van der Waals surface area contributed by atoms with Crippen molar-refractivity contribution in [2.24, 2.45) is 0 Å². The summed E-state index contributed by atoms with van der Waals surface area (Å²) < 4.78 is 2.31. The summed E-state index contributed by atoms with van der Waals surface area (Å²) in [5.41, 5.74) is 13.8. The van der Waals surface area contributed by atoms with Crippen molar-refractivity contribution in [3.8, 4) is 22.4 Å². The van der Waals surface area contributed by atoms with Crippen LogP contribution in [0.4, 0.5) is 0 Å². The SMILES string of the molecule is c1ccc2c(c1)Cc1c-2ccc2c1Cc1nc3c4cnccc4c4ncccc4n3c1-2. The van der Waals surface area contributed by atoms with Gasteiger partial charge in [0.2, 0.25) is 0 Å². The Bertz CT molecular complexity index is 1740. The highest BCUT2D eigenvalue weighted by atomic mass is 15.0. The van der Waals surface area contributed by atoms with E-state index in [1.807, 2.05) is 30.7 Å². The minimum absolute atomic E-state index is 0.882. The molecule has 0 bridgehead atoms. The summed E-state index contributed by atoms with van der Waals surface area (Å²) in [4.78, 5) is 14.3. The van der Waals surface area contributed by atoms with Crippen LogP contribution in [0.15, 0.2) is 73.2 Å². The predicted octanol–water partition coefficient (Wildman–Crippen LogP) is 5.57. The van der Waals surface area contributed by atoms with E-state index in [2.05, 4.69) is 51.8 Å². The van der Waals surface area contributed by atoms with Crippen LogP contribution in [0.5, 0.6) is 0 Å². The van der Waals surface area contributed by atoms with Gasteiger partial charge in [0.25, 0.3) is 0 Å². The van der Waals surface area contributed by atoms with E-state index in [4.69, 9.17) is 9.97 Å². The minimum Gasteiger partial charge on any atom is -0.290 e. The summed E-state index contributed by atoms with van der Waals surface area (Å²) in [7, 11) is 0. The van der Waals surface area contributed by atoms with Crippen LogP contribution in [0.3, 0.4) is 0 Å². The Kier molecular flexibility index (Phi) is 2.72. The molecule has 6 aromatic rings. The lowest BCUT2D eigenvalue weighted by molar-refractivity contribution is 1.12. The molecule has 0 amide bonds. The summed E-state index contributed by atoms with van der Waals surface area (Å²) in [6.45, 7) is 0. The zero-order chi connectivity index (χ0) is 20.1. The molecule has 144 valence electrons. The summed E-state index contributed by atoms with van der Waals surface area (Å²) in [6.07, 6.45) is 7.51. The van der Waals surface area contributed by atoms with E-state index >= 15 is 0 Å². The standard InChI is InChI=1S/C27H16N4/c1-2-5-16-15(4-1)12-20-17(16)7-8-19-21(20)13-23-26(19)31-24-6-3-10-29-25(24)18-9-11-28-14-22(18)27(31)30-23/h1-11,14H,12-13H2. The van der Waals surface area contributed by atoms with Gasteiger partial charge in [-0.15, -0.1) is 0 Å². The lowest BCUT2D eigenvalue weighted by Gasteiger charge is -2.12. The second kappa shape index (κ2) is 5.35. The molecule has 0 atom stereocenters. The first-order chi connectivity index (χ1) is 15.4. The molecular formula is C27H16N4. The Balaban J connectivity index is 1.49. The molecule has 4 heterocycles. The first kappa shape index (κ1) is 15.7. The average molecular weight is 396 g/mol. The molecule has 0 spiro atoms. The van der Waals surface area contributed by atoms with Crippen molar-refractivity contribution < 1.29 is 0 Å². The molecule has 0 fully saturated rings. The molecule has 2 aliphatic carbocycles. The number of fused-ring (bicyclic) bond motifs is 14. The summed E-state index contributed by atoms with van der Waals surface area (Å²) in [5, 5.41) is 2.16. The quantitative estimate of drug-likeness (QED) is 0.315. The Morgan fingerprint density at radius 1 is 0.742 bits per heavy atom. The summed E-state index contributed by atoms with van der Waals surface area (Å²) in [6, 6.07) is 19.6. The molecule has 0 aliphatic heterocycles. The van der Waals surface area contributed by atoms with Gasteiger partial charge < -0.3 is 0 Å².